The highest BCUT2D eigenvalue weighted by Crippen LogP contribution is 2.29. The minimum absolute atomic E-state index is 0.180. The van der Waals surface area contributed by atoms with Crippen LogP contribution in [0.1, 0.15) is 33.6 Å². The number of carbonyl (C=O) groups excluding carboxylic acids is 1. The molecular formula is C14H27BrN2O. The van der Waals surface area contributed by atoms with E-state index >= 15 is 0 Å². The Labute approximate surface area is 120 Å². The third kappa shape index (κ3) is 4.54. The topological polar surface area (TPSA) is 32.3 Å². The Balaban J connectivity index is 2.54. The lowest BCUT2D eigenvalue weighted by atomic mass is 9.81. The molecular weight excluding hydrogens is 292 g/mol. The standard InChI is InChI=1S/C14H27BrN2O/c1-14(2,3)12(8-15)10-17-7-5-6-11(9-17)13(18)16-4/h11-12H,5-10H2,1-4H3,(H,16,18). The van der Waals surface area contributed by atoms with E-state index in [1.165, 1.54) is 0 Å². The number of hydrogen-bond acceptors (Lipinski definition) is 2. The van der Waals surface area contributed by atoms with Crippen molar-refractivity contribution >= 4 is 21.8 Å². The van der Waals surface area contributed by atoms with Gasteiger partial charge in [-0.2, -0.15) is 0 Å². The third-order valence-electron chi connectivity index (χ3n) is 4.01. The molecule has 1 N–H and O–H groups in total. The number of piperidine rings is 1. The SMILES string of the molecule is CNC(=O)C1CCCN(CC(CBr)C(C)(C)C)C1. The van der Waals surface area contributed by atoms with E-state index < -0.39 is 0 Å². The van der Waals surface area contributed by atoms with E-state index in [1.54, 1.807) is 7.05 Å². The molecule has 0 bridgehead atoms. The Kier molecular flexibility index (Phi) is 6.12. The van der Waals surface area contributed by atoms with Crippen molar-refractivity contribution in [2.45, 2.75) is 33.6 Å². The summed E-state index contributed by atoms with van der Waals surface area (Å²) in [5.41, 5.74) is 0.309. The van der Waals surface area contributed by atoms with E-state index in [4.69, 9.17) is 0 Å². The molecule has 0 spiro atoms. The highest BCUT2D eigenvalue weighted by atomic mass is 79.9. The van der Waals surface area contributed by atoms with Crippen molar-refractivity contribution < 1.29 is 4.79 Å². The number of rotatable bonds is 4. The second-order valence-corrected chi connectivity index (χ2v) is 7.08. The molecule has 0 radical (unpaired) electrons. The Morgan fingerprint density at radius 3 is 2.67 bits per heavy atom. The van der Waals surface area contributed by atoms with Gasteiger partial charge >= 0.3 is 0 Å². The maximum atomic E-state index is 11.7. The maximum Gasteiger partial charge on any atom is 0.224 e. The number of alkyl halides is 1. The van der Waals surface area contributed by atoms with Gasteiger partial charge in [-0.05, 0) is 30.7 Å². The first-order chi connectivity index (χ1) is 8.38. The fraction of sp³-hybridized carbons (Fsp3) is 0.929. The van der Waals surface area contributed by atoms with Crippen molar-refractivity contribution in [3.05, 3.63) is 0 Å². The van der Waals surface area contributed by atoms with Crippen molar-refractivity contribution in [2.75, 3.05) is 32.0 Å². The van der Waals surface area contributed by atoms with E-state index in [0.29, 0.717) is 11.3 Å². The molecule has 1 amide bonds. The van der Waals surface area contributed by atoms with Crippen LogP contribution in [0, 0.1) is 17.3 Å². The lowest BCUT2D eigenvalue weighted by Crippen LogP contribution is -2.45. The summed E-state index contributed by atoms with van der Waals surface area (Å²) in [5.74, 6) is 1.01. The van der Waals surface area contributed by atoms with Crippen LogP contribution < -0.4 is 5.32 Å². The van der Waals surface area contributed by atoms with Gasteiger partial charge in [-0.3, -0.25) is 4.79 Å². The summed E-state index contributed by atoms with van der Waals surface area (Å²) in [7, 11) is 1.73. The van der Waals surface area contributed by atoms with Gasteiger partial charge in [0.05, 0.1) is 5.92 Å². The molecule has 1 aliphatic rings. The lowest BCUT2D eigenvalue weighted by Gasteiger charge is -2.38. The molecule has 3 nitrogen and oxygen atoms in total. The molecule has 0 aromatic carbocycles. The van der Waals surface area contributed by atoms with Crippen molar-refractivity contribution in [1.82, 2.24) is 10.2 Å². The molecule has 4 heteroatoms. The zero-order valence-corrected chi connectivity index (χ0v) is 13.7. The van der Waals surface area contributed by atoms with Crippen LogP contribution in [0.15, 0.2) is 0 Å². The summed E-state index contributed by atoms with van der Waals surface area (Å²) in [5, 5.41) is 3.80. The summed E-state index contributed by atoms with van der Waals surface area (Å²) in [6, 6.07) is 0. The average Bonchev–Trinajstić information content (AvgIpc) is 2.33. The van der Waals surface area contributed by atoms with Crippen LogP contribution in [-0.4, -0.2) is 42.8 Å². The highest BCUT2D eigenvalue weighted by Gasteiger charge is 2.30. The Morgan fingerprint density at radius 2 is 2.17 bits per heavy atom. The fourth-order valence-electron chi connectivity index (χ4n) is 2.51. The van der Waals surface area contributed by atoms with E-state index in [1.807, 2.05) is 0 Å². The lowest BCUT2D eigenvalue weighted by molar-refractivity contribution is -0.126. The first kappa shape index (κ1) is 16.0. The number of carbonyl (C=O) groups is 1. The van der Waals surface area contributed by atoms with E-state index in [2.05, 4.69) is 46.9 Å². The molecule has 2 unspecified atom stereocenters. The molecule has 0 saturated carbocycles. The quantitative estimate of drug-likeness (QED) is 0.808. The molecule has 18 heavy (non-hydrogen) atoms. The van der Waals surface area contributed by atoms with Crippen molar-refractivity contribution in [1.29, 1.82) is 0 Å². The first-order valence-electron chi connectivity index (χ1n) is 6.88. The molecule has 1 saturated heterocycles. The summed E-state index contributed by atoms with van der Waals surface area (Å²) in [4.78, 5) is 14.2. The Hall–Kier alpha value is -0.0900. The molecule has 0 aliphatic carbocycles. The largest absolute Gasteiger partial charge is 0.359 e. The number of halogens is 1. The second kappa shape index (κ2) is 6.90. The van der Waals surface area contributed by atoms with Crippen molar-refractivity contribution in [3.8, 4) is 0 Å². The van der Waals surface area contributed by atoms with Crippen LogP contribution in [0.2, 0.25) is 0 Å². The van der Waals surface area contributed by atoms with E-state index in [0.717, 1.165) is 37.8 Å². The minimum Gasteiger partial charge on any atom is -0.359 e. The molecule has 1 heterocycles. The fourth-order valence-corrected chi connectivity index (χ4v) is 3.68. The molecule has 1 aliphatic heterocycles. The van der Waals surface area contributed by atoms with Gasteiger partial charge in [0, 0.05) is 25.5 Å². The normalized spacial score (nSPS) is 23.7. The molecule has 106 valence electrons. The summed E-state index contributed by atoms with van der Waals surface area (Å²) in [6.45, 7) is 10.0. The van der Waals surface area contributed by atoms with Gasteiger partial charge in [-0.15, -0.1) is 0 Å². The number of amides is 1. The number of nitrogens with zero attached hydrogens (tertiary/aromatic N) is 1. The van der Waals surface area contributed by atoms with Gasteiger partial charge in [0.2, 0.25) is 5.91 Å². The van der Waals surface area contributed by atoms with Gasteiger partial charge in [-0.1, -0.05) is 36.7 Å². The number of nitrogens with one attached hydrogen (secondary N) is 1. The first-order valence-corrected chi connectivity index (χ1v) is 8.00. The van der Waals surface area contributed by atoms with Crippen LogP contribution >= 0.6 is 15.9 Å². The van der Waals surface area contributed by atoms with Gasteiger partial charge in [0.25, 0.3) is 0 Å². The van der Waals surface area contributed by atoms with Crippen LogP contribution in [-0.2, 0) is 4.79 Å². The molecule has 1 fully saturated rings. The monoisotopic (exact) mass is 318 g/mol. The Morgan fingerprint density at radius 1 is 1.50 bits per heavy atom. The molecule has 1 rings (SSSR count). The zero-order valence-electron chi connectivity index (χ0n) is 12.1. The highest BCUT2D eigenvalue weighted by molar-refractivity contribution is 9.09. The van der Waals surface area contributed by atoms with Gasteiger partial charge < -0.3 is 10.2 Å². The maximum absolute atomic E-state index is 11.7. The van der Waals surface area contributed by atoms with Gasteiger partial charge in [0.1, 0.15) is 0 Å². The molecule has 0 aromatic rings. The van der Waals surface area contributed by atoms with Gasteiger partial charge in [0.15, 0.2) is 0 Å². The van der Waals surface area contributed by atoms with Crippen LogP contribution in [0.25, 0.3) is 0 Å². The van der Waals surface area contributed by atoms with Crippen LogP contribution in [0.5, 0.6) is 0 Å². The van der Waals surface area contributed by atoms with Crippen LogP contribution in [0.3, 0.4) is 0 Å². The van der Waals surface area contributed by atoms with Crippen molar-refractivity contribution in [2.24, 2.45) is 17.3 Å². The summed E-state index contributed by atoms with van der Waals surface area (Å²) >= 11 is 3.63. The molecule has 0 aromatic heterocycles. The van der Waals surface area contributed by atoms with Crippen LogP contribution in [0.4, 0.5) is 0 Å². The van der Waals surface area contributed by atoms with E-state index in [-0.39, 0.29) is 11.8 Å². The number of hydrogen-bond donors (Lipinski definition) is 1. The molecule has 2 atom stereocenters. The summed E-state index contributed by atoms with van der Waals surface area (Å²) in [6.07, 6.45) is 2.17. The minimum atomic E-state index is 0.180. The number of likely N-dealkylation sites (tertiary alicyclic amines) is 1. The second-order valence-electron chi connectivity index (χ2n) is 6.43. The smallest absolute Gasteiger partial charge is 0.224 e. The van der Waals surface area contributed by atoms with E-state index in [9.17, 15) is 4.79 Å². The summed E-state index contributed by atoms with van der Waals surface area (Å²) < 4.78 is 0. The average molecular weight is 319 g/mol. The predicted molar refractivity (Wildman–Crippen MR) is 80.0 cm³/mol. The Bertz CT molecular complexity index is 275. The predicted octanol–water partition coefficient (Wildman–Crippen LogP) is 2.50. The van der Waals surface area contributed by atoms with Crippen molar-refractivity contribution in [3.63, 3.8) is 0 Å². The zero-order chi connectivity index (χ0) is 13.8. The van der Waals surface area contributed by atoms with Gasteiger partial charge in [-0.25, -0.2) is 0 Å². The third-order valence-corrected chi connectivity index (χ3v) is 4.79.